The predicted octanol–water partition coefficient (Wildman–Crippen LogP) is 4.06. The van der Waals surface area contributed by atoms with Crippen LogP contribution in [0.2, 0.25) is 0 Å². The Morgan fingerprint density at radius 2 is 1.77 bits per heavy atom. The van der Waals surface area contributed by atoms with Crippen LogP contribution >= 0.6 is 12.1 Å². The maximum Gasteiger partial charge on any atom is 0.253 e. The molecule has 0 bridgehead atoms. The summed E-state index contributed by atoms with van der Waals surface area (Å²) in [5, 5.41) is 0. The smallest absolute Gasteiger partial charge is 0.253 e. The molecule has 1 saturated heterocycles. The Bertz CT molecular complexity index is 1080. The Kier molecular flexibility index (Phi) is 4.66. The summed E-state index contributed by atoms with van der Waals surface area (Å²) < 4.78 is 54.1. The SMILES string of the molecule is CN1SN(CC2CC2(F)F)c2ccc(-c3cccc(N4CCS(=O)(=O)CC4)c3)cc21. The molecule has 0 amide bonds. The van der Waals surface area contributed by atoms with Crippen molar-refractivity contribution in [1.82, 2.24) is 0 Å². The van der Waals surface area contributed by atoms with E-state index in [0.29, 0.717) is 19.6 Å². The minimum atomic E-state index is -2.92. The maximum absolute atomic E-state index is 13.4. The number of alkyl halides is 2. The van der Waals surface area contributed by atoms with Crippen LogP contribution in [-0.4, -0.2) is 52.5 Å². The summed E-state index contributed by atoms with van der Waals surface area (Å²) in [7, 11) is -0.970. The fourth-order valence-electron chi connectivity index (χ4n) is 4.05. The quantitative estimate of drug-likeness (QED) is 0.653. The Balaban J connectivity index is 1.38. The topological polar surface area (TPSA) is 43.9 Å². The van der Waals surface area contributed by atoms with Crippen LogP contribution in [0.4, 0.5) is 25.8 Å². The minimum Gasteiger partial charge on any atom is -0.369 e. The van der Waals surface area contributed by atoms with Crippen molar-refractivity contribution in [3.05, 3.63) is 42.5 Å². The number of hydrogen-bond acceptors (Lipinski definition) is 6. The van der Waals surface area contributed by atoms with E-state index in [4.69, 9.17) is 0 Å². The van der Waals surface area contributed by atoms with Crippen LogP contribution in [0, 0.1) is 5.92 Å². The summed E-state index contributed by atoms with van der Waals surface area (Å²) in [6, 6.07) is 14.2. The highest BCUT2D eigenvalue weighted by molar-refractivity contribution is 8.02. The average Bonchev–Trinajstić information content (AvgIpc) is 3.19. The molecule has 9 heteroatoms. The number of sulfone groups is 1. The number of hydrogen-bond donors (Lipinski definition) is 0. The summed E-state index contributed by atoms with van der Waals surface area (Å²) in [5.41, 5.74) is 5.09. The molecule has 1 saturated carbocycles. The molecule has 1 unspecified atom stereocenters. The monoisotopic (exact) mass is 451 g/mol. The van der Waals surface area contributed by atoms with Gasteiger partial charge in [0.25, 0.3) is 5.92 Å². The molecule has 1 atom stereocenters. The summed E-state index contributed by atoms with van der Waals surface area (Å²) in [6.45, 7) is 1.37. The highest BCUT2D eigenvalue weighted by atomic mass is 32.2. The van der Waals surface area contributed by atoms with Crippen LogP contribution < -0.4 is 13.5 Å². The standard InChI is InChI=1S/C21H23F2N3O2S2/c1-24-20-12-16(5-6-19(20)26(29-24)14-17-13-21(17,22)23)15-3-2-4-18(11-15)25-7-9-30(27,28)10-8-25/h2-6,11-12,17H,7-10,13-14H2,1H3. The van der Waals surface area contributed by atoms with Gasteiger partial charge in [0.1, 0.15) is 0 Å². The molecule has 0 N–H and O–H groups in total. The molecule has 5 rings (SSSR count). The van der Waals surface area contributed by atoms with Gasteiger partial charge in [-0.15, -0.1) is 0 Å². The lowest BCUT2D eigenvalue weighted by molar-refractivity contribution is 0.101. The van der Waals surface area contributed by atoms with Gasteiger partial charge >= 0.3 is 0 Å². The van der Waals surface area contributed by atoms with E-state index >= 15 is 0 Å². The molecule has 2 aliphatic heterocycles. The molecule has 2 aromatic carbocycles. The van der Waals surface area contributed by atoms with Crippen LogP contribution in [0.1, 0.15) is 6.42 Å². The van der Waals surface area contributed by atoms with E-state index in [9.17, 15) is 17.2 Å². The first kappa shape index (κ1) is 19.9. The van der Waals surface area contributed by atoms with Crippen molar-refractivity contribution in [2.24, 2.45) is 5.92 Å². The van der Waals surface area contributed by atoms with Crippen molar-refractivity contribution in [2.75, 3.05) is 51.7 Å². The van der Waals surface area contributed by atoms with E-state index < -0.39 is 21.7 Å². The zero-order chi connectivity index (χ0) is 21.1. The van der Waals surface area contributed by atoms with E-state index in [0.717, 1.165) is 28.2 Å². The Labute approximate surface area is 179 Å². The van der Waals surface area contributed by atoms with Crippen molar-refractivity contribution in [2.45, 2.75) is 12.3 Å². The predicted molar refractivity (Wildman–Crippen MR) is 119 cm³/mol. The summed E-state index contributed by atoms with van der Waals surface area (Å²) in [5.74, 6) is -2.70. The minimum absolute atomic E-state index is 0.0220. The molecule has 30 heavy (non-hydrogen) atoms. The van der Waals surface area contributed by atoms with E-state index in [1.54, 1.807) is 0 Å². The number of anilines is 3. The Morgan fingerprint density at radius 1 is 1.07 bits per heavy atom. The average molecular weight is 452 g/mol. The molecular weight excluding hydrogens is 428 g/mol. The second kappa shape index (κ2) is 7.02. The van der Waals surface area contributed by atoms with E-state index in [1.165, 1.54) is 12.1 Å². The number of rotatable bonds is 4. The fraction of sp³-hybridized carbons (Fsp3) is 0.429. The van der Waals surface area contributed by atoms with Gasteiger partial charge in [0.05, 0.1) is 35.0 Å². The molecule has 0 aromatic heterocycles. The van der Waals surface area contributed by atoms with Gasteiger partial charge in [0.2, 0.25) is 0 Å². The van der Waals surface area contributed by atoms with Gasteiger partial charge in [-0.05, 0) is 35.4 Å². The molecule has 2 heterocycles. The molecular formula is C21H23F2N3O2S2. The van der Waals surface area contributed by atoms with Crippen LogP contribution in [0.3, 0.4) is 0 Å². The Morgan fingerprint density at radius 3 is 2.47 bits per heavy atom. The summed E-state index contributed by atoms with van der Waals surface area (Å²) in [4.78, 5) is 2.11. The number of halogens is 2. The highest BCUT2D eigenvalue weighted by Crippen LogP contribution is 2.53. The van der Waals surface area contributed by atoms with Gasteiger partial charge in [-0.25, -0.2) is 17.2 Å². The third-order valence-corrected chi connectivity index (χ3v) is 8.63. The van der Waals surface area contributed by atoms with Gasteiger partial charge in [-0.2, -0.15) is 0 Å². The fourth-order valence-corrected chi connectivity index (χ4v) is 6.27. The van der Waals surface area contributed by atoms with Gasteiger partial charge in [0.15, 0.2) is 9.84 Å². The lowest BCUT2D eigenvalue weighted by atomic mass is 10.0. The molecule has 2 aromatic rings. The van der Waals surface area contributed by atoms with Crippen molar-refractivity contribution in [3.8, 4) is 11.1 Å². The van der Waals surface area contributed by atoms with Crippen LogP contribution in [-0.2, 0) is 9.84 Å². The van der Waals surface area contributed by atoms with E-state index in [1.807, 2.05) is 46.0 Å². The first-order chi connectivity index (χ1) is 14.2. The van der Waals surface area contributed by atoms with E-state index in [-0.39, 0.29) is 17.9 Å². The third-order valence-electron chi connectivity index (χ3n) is 6.04. The molecule has 3 aliphatic rings. The largest absolute Gasteiger partial charge is 0.369 e. The van der Waals surface area contributed by atoms with Gasteiger partial charge < -0.3 is 4.90 Å². The van der Waals surface area contributed by atoms with Crippen molar-refractivity contribution >= 4 is 39.0 Å². The second-order valence-electron chi connectivity index (χ2n) is 8.19. The first-order valence-corrected chi connectivity index (χ1v) is 12.5. The normalized spacial score (nSPS) is 24.1. The summed E-state index contributed by atoms with van der Waals surface area (Å²) in [6.07, 6.45) is -0.0220. The van der Waals surface area contributed by atoms with Crippen LogP contribution in [0.5, 0.6) is 0 Å². The van der Waals surface area contributed by atoms with Crippen molar-refractivity contribution in [1.29, 1.82) is 0 Å². The van der Waals surface area contributed by atoms with Gasteiger partial charge in [0, 0.05) is 44.7 Å². The highest BCUT2D eigenvalue weighted by Gasteiger charge is 2.57. The first-order valence-electron chi connectivity index (χ1n) is 9.99. The number of benzene rings is 2. The third kappa shape index (κ3) is 3.73. The van der Waals surface area contributed by atoms with Crippen LogP contribution in [0.25, 0.3) is 11.1 Å². The molecule has 0 radical (unpaired) electrons. The summed E-state index contributed by atoms with van der Waals surface area (Å²) >= 11 is 1.46. The zero-order valence-electron chi connectivity index (χ0n) is 16.6. The van der Waals surface area contributed by atoms with Crippen molar-refractivity contribution in [3.63, 3.8) is 0 Å². The van der Waals surface area contributed by atoms with Gasteiger partial charge in [-0.3, -0.25) is 8.61 Å². The lowest BCUT2D eigenvalue weighted by Gasteiger charge is -2.29. The molecule has 0 spiro atoms. The zero-order valence-corrected chi connectivity index (χ0v) is 18.2. The molecule has 1 aliphatic carbocycles. The molecule has 2 fully saturated rings. The number of nitrogens with zero attached hydrogens (tertiary/aromatic N) is 3. The maximum atomic E-state index is 13.4. The number of fused-ring (bicyclic) bond motifs is 1. The molecule has 5 nitrogen and oxygen atoms in total. The van der Waals surface area contributed by atoms with Gasteiger partial charge in [-0.1, -0.05) is 18.2 Å². The van der Waals surface area contributed by atoms with Crippen molar-refractivity contribution < 1.29 is 17.2 Å². The van der Waals surface area contributed by atoms with E-state index in [2.05, 4.69) is 17.0 Å². The van der Waals surface area contributed by atoms with Crippen LogP contribution in [0.15, 0.2) is 42.5 Å². The Hall–Kier alpha value is -2.00. The molecule has 160 valence electrons. The second-order valence-corrected chi connectivity index (χ2v) is 11.7. The lowest BCUT2D eigenvalue weighted by Crippen LogP contribution is -2.40.